The highest BCUT2D eigenvalue weighted by atomic mass is 16.2. The van der Waals surface area contributed by atoms with Crippen LogP contribution in [0.15, 0.2) is 18.2 Å². The normalized spacial score (nSPS) is 25.1. The zero-order chi connectivity index (χ0) is 12.0. The molecule has 2 unspecified atom stereocenters. The van der Waals surface area contributed by atoms with Gasteiger partial charge in [-0.25, -0.2) is 0 Å². The maximum absolute atomic E-state index is 11.9. The van der Waals surface area contributed by atoms with E-state index < -0.39 is 0 Å². The quantitative estimate of drug-likeness (QED) is 0.670. The van der Waals surface area contributed by atoms with E-state index in [-0.39, 0.29) is 23.9 Å². The first kappa shape index (κ1) is 10.3. The predicted octanol–water partition coefficient (Wildman–Crippen LogP) is 0.0106. The summed E-state index contributed by atoms with van der Waals surface area (Å²) in [5.74, 6) is -0.146. The topological polar surface area (TPSA) is 84.2 Å². The monoisotopic (exact) mass is 231 g/mol. The van der Waals surface area contributed by atoms with Gasteiger partial charge in [0.2, 0.25) is 5.91 Å². The van der Waals surface area contributed by atoms with Crippen LogP contribution < -0.4 is 16.4 Å². The highest BCUT2D eigenvalue weighted by Crippen LogP contribution is 2.24. The van der Waals surface area contributed by atoms with E-state index in [1.807, 2.05) is 0 Å². The van der Waals surface area contributed by atoms with Crippen molar-refractivity contribution >= 4 is 17.5 Å². The highest BCUT2D eigenvalue weighted by molar-refractivity contribution is 6.01. The molecule has 0 spiro atoms. The lowest BCUT2D eigenvalue weighted by atomic mass is 10.1. The molecule has 4 N–H and O–H groups in total. The Morgan fingerprint density at radius 3 is 2.94 bits per heavy atom. The molecule has 0 bridgehead atoms. The van der Waals surface area contributed by atoms with Crippen molar-refractivity contribution in [2.75, 3.05) is 5.32 Å². The van der Waals surface area contributed by atoms with E-state index in [1.54, 1.807) is 18.2 Å². The lowest BCUT2D eigenvalue weighted by Crippen LogP contribution is -2.29. The van der Waals surface area contributed by atoms with Crippen molar-refractivity contribution in [2.45, 2.75) is 24.9 Å². The van der Waals surface area contributed by atoms with Crippen LogP contribution in [0.2, 0.25) is 0 Å². The summed E-state index contributed by atoms with van der Waals surface area (Å²) >= 11 is 0. The van der Waals surface area contributed by atoms with E-state index in [4.69, 9.17) is 5.73 Å². The molecule has 1 aromatic carbocycles. The van der Waals surface area contributed by atoms with Crippen molar-refractivity contribution < 1.29 is 9.59 Å². The molecule has 2 amide bonds. The number of fused-ring (bicyclic) bond motifs is 1. The van der Waals surface area contributed by atoms with Gasteiger partial charge in [0.15, 0.2) is 0 Å². The molecule has 17 heavy (non-hydrogen) atoms. The molecule has 2 atom stereocenters. The molecule has 5 nitrogen and oxygen atoms in total. The van der Waals surface area contributed by atoms with Crippen LogP contribution in [0, 0.1) is 0 Å². The highest BCUT2D eigenvalue weighted by Gasteiger charge is 2.35. The lowest BCUT2D eigenvalue weighted by molar-refractivity contribution is -0.115. The zero-order valence-electron chi connectivity index (χ0n) is 9.19. The fraction of sp³-hybridized carbons (Fsp3) is 0.333. The third-order valence-electron chi connectivity index (χ3n) is 3.15. The number of hydrogen-bond donors (Lipinski definition) is 3. The fourth-order valence-electron chi connectivity index (χ4n) is 2.00. The van der Waals surface area contributed by atoms with Gasteiger partial charge < -0.3 is 16.4 Å². The van der Waals surface area contributed by atoms with Gasteiger partial charge in [-0.05, 0) is 30.2 Å². The standard InChI is InChI=1S/C12H13N3O2/c13-8-5-10(8)15-12(17)6-1-2-9-7(3-6)4-11(16)14-9/h1-3,8,10H,4-5,13H2,(H,14,16)(H,15,17). The van der Waals surface area contributed by atoms with Gasteiger partial charge >= 0.3 is 0 Å². The molecule has 1 aliphatic carbocycles. The minimum atomic E-state index is -0.120. The first-order valence-corrected chi connectivity index (χ1v) is 5.63. The second-order valence-electron chi connectivity index (χ2n) is 4.58. The molecular weight excluding hydrogens is 218 g/mol. The minimum Gasteiger partial charge on any atom is -0.348 e. The number of carbonyl (C=O) groups is 2. The van der Waals surface area contributed by atoms with E-state index in [9.17, 15) is 9.59 Å². The van der Waals surface area contributed by atoms with Crippen LogP contribution in [0.4, 0.5) is 5.69 Å². The van der Waals surface area contributed by atoms with Crippen LogP contribution in [-0.4, -0.2) is 23.9 Å². The molecular formula is C12H13N3O2. The minimum absolute atomic E-state index is 0.0261. The largest absolute Gasteiger partial charge is 0.348 e. The fourth-order valence-corrected chi connectivity index (χ4v) is 2.00. The first-order chi connectivity index (χ1) is 8.13. The summed E-state index contributed by atoms with van der Waals surface area (Å²) in [5.41, 5.74) is 7.89. The van der Waals surface area contributed by atoms with Gasteiger partial charge in [-0.15, -0.1) is 0 Å². The van der Waals surface area contributed by atoms with Gasteiger partial charge in [0, 0.05) is 23.3 Å². The van der Waals surface area contributed by atoms with Gasteiger partial charge in [0.25, 0.3) is 5.91 Å². The van der Waals surface area contributed by atoms with Crippen molar-refractivity contribution in [1.82, 2.24) is 5.32 Å². The molecule has 1 fully saturated rings. The summed E-state index contributed by atoms with van der Waals surface area (Å²) in [6.07, 6.45) is 1.19. The van der Waals surface area contributed by atoms with Crippen molar-refractivity contribution in [2.24, 2.45) is 5.73 Å². The number of rotatable bonds is 2. The Balaban J connectivity index is 1.78. The maximum Gasteiger partial charge on any atom is 0.251 e. The summed E-state index contributed by atoms with van der Waals surface area (Å²) in [4.78, 5) is 23.0. The Labute approximate surface area is 98.4 Å². The van der Waals surface area contributed by atoms with Gasteiger partial charge in [-0.2, -0.15) is 0 Å². The number of carbonyl (C=O) groups excluding carboxylic acids is 2. The summed E-state index contributed by atoms with van der Waals surface area (Å²) in [7, 11) is 0. The van der Waals surface area contributed by atoms with Gasteiger partial charge in [-0.3, -0.25) is 9.59 Å². The second-order valence-corrected chi connectivity index (χ2v) is 4.58. The zero-order valence-corrected chi connectivity index (χ0v) is 9.19. The van der Waals surface area contributed by atoms with E-state index in [0.717, 1.165) is 17.7 Å². The molecule has 0 aromatic heterocycles. The van der Waals surface area contributed by atoms with Crippen molar-refractivity contribution in [3.05, 3.63) is 29.3 Å². The Morgan fingerprint density at radius 2 is 2.24 bits per heavy atom. The van der Waals surface area contributed by atoms with E-state index in [2.05, 4.69) is 10.6 Å². The van der Waals surface area contributed by atoms with E-state index in [1.165, 1.54) is 0 Å². The summed E-state index contributed by atoms with van der Waals surface area (Å²) < 4.78 is 0. The van der Waals surface area contributed by atoms with Gasteiger partial charge in [-0.1, -0.05) is 0 Å². The maximum atomic E-state index is 11.9. The molecule has 88 valence electrons. The third kappa shape index (κ3) is 1.89. The van der Waals surface area contributed by atoms with Crippen LogP contribution in [0.3, 0.4) is 0 Å². The average molecular weight is 231 g/mol. The Morgan fingerprint density at radius 1 is 1.47 bits per heavy atom. The summed E-state index contributed by atoms with van der Waals surface area (Å²) in [5, 5.41) is 5.59. The number of hydrogen-bond acceptors (Lipinski definition) is 3. The summed E-state index contributed by atoms with van der Waals surface area (Å²) in [6, 6.07) is 5.44. The Hall–Kier alpha value is -1.88. The molecule has 5 heteroatoms. The third-order valence-corrected chi connectivity index (χ3v) is 3.15. The molecule has 2 aliphatic rings. The van der Waals surface area contributed by atoms with Crippen molar-refractivity contribution in [3.63, 3.8) is 0 Å². The molecule has 1 saturated carbocycles. The molecule has 0 radical (unpaired) electrons. The average Bonchev–Trinajstić information content (AvgIpc) is 2.84. The second kappa shape index (κ2) is 3.56. The first-order valence-electron chi connectivity index (χ1n) is 5.63. The van der Waals surface area contributed by atoms with Crippen molar-refractivity contribution in [1.29, 1.82) is 0 Å². The van der Waals surface area contributed by atoms with E-state index >= 15 is 0 Å². The number of nitrogens with one attached hydrogen (secondary N) is 2. The Kier molecular flexibility index (Phi) is 2.16. The Bertz CT molecular complexity index is 512. The SMILES string of the molecule is NC1CC1NC(=O)c1ccc2c(c1)CC(=O)N2. The van der Waals surface area contributed by atoms with Crippen LogP contribution >= 0.6 is 0 Å². The number of anilines is 1. The molecule has 1 heterocycles. The molecule has 1 aromatic rings. The number of amides is 2. The lowest BCUT2D eigenvalue weighted by Gasteiger charge is -2.05. The van der Waals surface area contributed by atoms with Crippen LogP contribution in [-0.2, 0) is 11.2 Å². The molecule has 1 aliphatic heterocycles. The number of benzene rings is 1. The predicted molar refractivity (Wildman–Crippen MR) is 62.6 cm³/mol. The smallest absolute Gasteiger partial charge is 0.251 e. The van der Waals surface area contributed by atoms with Crippen LogP contribution in [0.1, 0.15) is 22.3 Å². The van der Waals surface area contributed by atoms with Crippen LogP contribution in [0.25, 0.3) is 0 Å². The number of nitrogens with two attached hydrogens (primary N) is 1. The van der Waals surface area contributed by atoms with E-state index in [0.29, 0.717) is 12.0 Å². The van der Waals surface area contributed by atoms with Crippen LogP contribution in [0.5, 0.6) is 0 Å². The molecule has 3 rings (SSSR count). The van der Waals surface area contributed by atoms with Gasteiger partial charge in [0.05, 0.1) is 6.42 Å². The molecule has 0 saturated heterocycles. The van der Waals surface area contributed by atoms with Gasteiger partial charge in [0.1, 0.15) is 0 Å². The van der Waals surface area contributed by atoms with Crippen molar-refractivity contribution in [3.8, 4) is 0 Å². The summed E-state index contributed by atoms with van der Waals surface area (Å²) in [6.45, 7) is 0.